The molecule has 1 heterocycles. The van der Waals surface area contributed by atoms with Crippen molar-refractivity contribution in [3.05, 3.63) is 86.7 Å². The smallest absolute Gasteiger partial charge is 0.348 e. The number of rotatable bonds is 5. The molecule has 2 aromatic carbocycles. The Labute approximate surface area is 154 Å². The normalized spacial score (nSPS) is 10.4. The Bertz CT molecular complexity index is 1040. The minimum atomic E-state index is -0.951. The Balaban J connectivity index is 2.05. The van der Waals surface area contributed by atoms with Gasteiger partial charge in [0.2, 0.25) is 0 Å². The molecule has 1 N–H and O–H groups in total. The van der Waals surface area contributed by atoms with Crippen LogP contribution in [0.5, 0.6) is 0 Å². The standard InChI is InChI=1S/C20H16N2O5/c1-2-27-20(24)16-12-17(21-19(23)18(16)22(25)26)15-10-8-14(9-11-15)13-6-4-3-5-7-13/h3-12H,2H2,1H3,(H,21,23). The van der Waals surface area contributed by atoms with Gasteiger partial charge < -0.3 is 9.72 Å². The van der Waals surface area contributed by atoms with Gasteiger partial charge in [0.25, 0.3) is 0 Å². The van der Waals surface area contributed by atoms with Crippen molar-refractivity contribution in [2.24, 2.45) is 0 Å². The molecule has 136 valence electrons. The van der Waals surface area contributed by atoms with Crippen molar-refractivity contribution in [1.29, 1.82) is 0 Å². The molecular formula is C20H16N2O5. The van der Waals surface area contributed by atoms with Gasteiger partial charge in [-0.3, -0.25) is 14.9 Å². The van der Waals surface area contributed by atoms with E-state index < -0.39 is 22.1 Å². The molecule has 3 rings (SSSR count). The summed E-state index contributed by atoms with van der Waals surface area (Å²) in [5, 5.41) is 11.2. The Morgan fingerprint density at radius 3 is 2.22 bits per heavy atom. The fourth-order valence-electron chi connectivity index (χ4n) is 2.73. The first-order chi connectivity index (χ1) is 13.0. The third kappa shape index (κ3) is 3.77. The molecule has 7 heteroatoms. The van der Waals surface area contributed by atoms with Crippen LogP contribution in [-0.4, -0.2) is 22.5 Å². The lowest BCUT2D eigenvalue weighted by atomic mass is 10.0. The van der Waals surface area contributed by atoms with Crippen molar-refractivity contribution in [1.82, 2.24) is 4.98 Å². The van der Waals surface area contributed by atoms with Gasteiger partial charge >= 0.3 is 17.2 Å². The second kappa shape index (κ2) is 7.65. The number of pyridine rings is 1. The summed E-state index contributed by atoms with van der Waals surface area (Å²) in [6, 6.07) is 18.3. The van der Waals surface area contributed by atoms with Crippen LogP contribution in [0.3, 0.4) is 0 Å². The number of nitrogens with zero attached hydrogens (tertiary/aromatic N) is 1. The van der Waals surface area contributed by atoms with E-state index in [1.165, 1.54) is 6.07 Å². The SMILES string of the molecule is CCOC(=O)c1cc(-c2ccc(-c3ccccc3)cc2)[nH]c(=O)c1[N+](=O)[O-]. The molecule has 0 saturated carbocycles. The van der Waals surface area contributed by atoms with E-state index in [0.29, 0.717) is 11.3 Å². The molecule has 1 aromatic heterocycles. The van der Waals surface area contributed by atoms with Crippen molar-refractivity contribution in [2.75, 3.05) is 6.61 Å². The average molecular weight is 364 g/mol. The summed E-state index contributed by atoms with van der Waals surface area (Å²) in [6.45, 7) is 1.63. The number of esters is 1. The zero-order chi connectivity index (χ0) is 19.4. The van der Waals surface area contributed by atoms with E-state index >= 15 is 0 Å². The number of benzene rings is 2. The summed E-state index contributed by atoms with van der Waals surface area (Å²) in [4.78, 5) is 37.0. The van der Waals surface area contributed by atoms with Crippen molar-refractivity contribution in [3.63, 3.8) is 0 Å². The molecule has 0 unspecified atom stereocenters. The predicted octanol–water partition coefficient (Wildman–Crippen LogP) is 3.79. The summed E-state index contributed by atoms with van der Waals surface area (Å²) in [6.07, 6.45) is 0. The van der Waals surface area contributed by atoms with Gasteiger partial charge in [0.15, 0.2) is 0 Å². The van der Waals surface area contributed by atoms with Crippen LogP contribution in [0.1, 0.15) is 17.3 Å². The maximum atomic E-state index is 12.2. The number of aromatic nitrogens is 1. The lowest BCUT2D eigenvalue weighted by Crippen LogP contribution is -2.19. The van der Waals surface area contributed by atoms with Gasteiger partial charge in [-0.1, -0.05) is 54.6 Å². The molecule has 27 heavy (non-hydrogen) atoms. The molecule has 7 nitrogen and oxygen atoms in total. The molecule has 0 radical (unpaired) electrons. The maximum absolute atomic E-state index is 12.2. The van der Waals surface area contributed by atoms with Crippen LogP contribution >= 0.6 is 0 Å². The zero-order valence-electron chi connectivity index (χ0n) is 14.5. The van der Waals surface area contributed by atoms with E-state index in [-0.39, 0.29) is 12.2 Å². The quantitative estimate of drug-likeness (QED) is 0.421. The first-order valence-corrected chi connectivity index (χ1v) is 8.26. The highest BCUT2D eigenvalue weighted by Gasteiger charge is 2.27. The van der Waals surface area contributed by atoms with Crippen molar-refractivity contribution in [2.45, 2.75) is 6.92 Å². The number of carbonyl (C=O) groups is 1. The second-order valence-corrected chi connectivity index (χ2v) is 5.70. The summed E-state index contributed by atoms with van der Waals surface area (Å²) >= 11 is 0. The number of hydrogen-bond acceptors (Lipinski definition) is 5. The van der Waals surface area contributed by atoms with Crippen LogP contribution in [0.15, 0.2) is 65.5 Å². The molecule has 3 aromatic rings. The molecular weight excluding hydrogens is 348 g/mol. The number of H-pyrrole nitrogens is 1. The summed E-state index contributed by atoms with van der Waals surface area (Å²) in [5.41, 5.74) is 0.793. The van der Waals surface area contributed by atoms with Crippen molar-refractivity contribution < 1.29 is 14.5 Å². The van der Waals surface area contributed by atoms with Gasteiger partial charge in [-0.05, 0) is 29.7 Å². The largest absolute Gasteiger partial charge is 0.462 e. The minimum absolute atomic E-state index is 0.0455. The summed E-state index contributed by atoms with van der Waals surface area (Å²) in [5.74, 6) is -0.905. The lowest BCUT2D eigenvalue weighted by molar-refractivity contribution is -0.386. The Hall–Kier alpha value is -3.74. The van der Waals surface area contributed by atoms with Gasteiger partial charge in [-0.2, -0.15) is 0 Å². The van der Waals surface area contributed by atoms with Gasteiger partial charge in [0, 0.05) is 5.69 Å². The molecule has 0 bridgehead atoms. The zero-order valence-corrected chi connectivity index (χ0v) is 14.5. The molecule has 0 fully saturated rings. The molecule has 0 saturated heterocycles. The van der Waals surface area contributed by atoms with E-state index in [0.717, 1.165) is 11.1 Å². The van der Waals surface area contributed by atoms with Gasteiger partial charge in [-0.15, -0.1) is 0 Å². The van der Waals surface area contributed by atoms with E-state index in [1.54, 1.807) is 19.1 Å². The third-order valence-corrected chi connectivity index (χ3v) is 3.99. The van der Waals surface area contributed by atoms with Gasteiger partial charge in [-0.25, -0.2) is 4.79 Å². The monoisotopic (exact) mass is 364 g/mol. The maximum Gasteiger partial charge on any atom is 0.348 e. The molecule has 0 atom stereocenters. The summed E-state index contributed by atoms with van der Waals surface area (Å²) < 4.78 is 4.85. The van der Waals surface area contributed by atoms with Gasteiger partial charge in [0.05, 0.1) is 11.5 Å². The Morgan fingerprint density at radius 1 is 1.04 bits per heavy atom. The number of ether oxygens (including phenoxy) is 1. The Morgan fingerprint density at radius 2 is 1.63 bits per heavy atom. The number of aromatic amines is 1. The molecule has 0 aliphatic heterocycles. The minimum Gasteiger partial charge on any atom is -0.462 e. The average Bonchev–Trinajstić information content (AvgIpc) is 2.68. The highest BCUT2D eigenvalue weighted by atomic mass is 16.6. The molecule has 0 aliphatic rings. The van der Waals surface area contributed by atoms with Crippen LogP contribution in [0, 0.1) is 10.1 Å². The van der Waals surface area contributed by atoms with Crippen molar-refractivity contribution >= 4 is 11.7 Å². The Kier molecular flexibility index (Phi) is 5.12. The van der Waals surface area contributed by atoms with E-state index in [4.69, 9.17) is 4.74 Å². The number of hydrogen-bond donors (Lipinski definition) is 1. The van der Waals surface area contributed by atoms with Crippen LogP contribution in [0.25, 0.3) is 22.4 Å². The van der Waals surface area contributed by atoms with Crippen LogP contribution in [-0.2, 0) is 4.74 Å². The topological polar surface area (TPSA) is 102 Å². The summed E-state index contributed by atoms with van der Waals surface area (Å²) in [7, 11) is 0. The van der Waals surface area contributed by atoms with Crippen LogP contribution in [0.2, 0.25) is 0 Å². The number of nitrogens with one attached hydrogen (secondary N) is 1. The second-order valence-electron chi connectivity index (χ2n) is 5.70. The first-order valence-electron chi connectivity index (χ1n) is 8.26. The third-order valence-electron chi connectivity index (χ3n) is 3.99. The molecule has 0 aliphatic carbocycles. The lowest BCUT2D eigenvalue weighted by Gasteiger charge is -2.07. The van der Waals surface area contributed by atoms with E-state index in [9.17, 15) is 19.7 Å². The van der Waals surface area contributed by atoms with Crippen molar-refractivity contribution in [3.8, 4) is 22.4 Å². The van der Waals surface area contributed by atoms with E-state index in [1.807, 2.05) is 42.5 Å². The fraction of sp³-hybridized carbons (Fsp3) is 0.100. The highest BCUT2D eigenvalue weighted by Crippen LogP contribution is 2.25. The number of carbonyl (C=O) groups excluding carboxylic acids is 1. The number of nitro groups is 1. The fourth-order valence-corrected chi connectivity index (χ4v) is 2.73. The predicted molar refractivity (Wildman–Crippen MR) is 101 cm³/mol. The molecule has 0 spiro atoms. The first kappa shape index (κ1) is 18.1. The van der Waals surface area contributed by atoms with Crippen LogP contribution < -0.4 is 5.56 Å². The molecule has 0 amide bonds. The van der Waals surface area contributed by atoms with Crippen LogP contribution in [0.4, 0.5) is 5.69 Å². The van der Waals surface area contributed by atoms with Gasteiger partial charge in [0.1, 0.15) is 5.56 Å². The highest BCUT2D eigenvalue weighted by molar-refractivity contribution is 5.95. The van der Waals surface area contributed by atoms with E-state index in [2.05, 4.69) is 4.98 Å².